The quantitative estimate of drug-likeness (QED) is 0.587. The maximum absolute atomic E-state index is 13.1. The van der Waals surface area contributed by atoms with Crippen LogP contribution in [0.4, 0.5) is 4.39 Å². The zero-order chi connectivity index (χ0) is 19.4. The van der Waals surface area contributed by atoms with Crippen LogP contribution in [0.5, 0.6) is 0 Å². The largest absolute Gasteiger partial charge is 0.350 e. The van der Waals surface area contributed by atoms with Crippen molar-refractivity contribution in [1.29, 1.82) is 0 Å². The van der Waals surface area contributed by atoms with E-state index in [0.717, 1.165) is 11.1 Å². The van der Waals surface area contributed by atoms with Crippen LogP contribution in [0.2, 0.25) is 5.02 Å². The van der Waals surface area contributed by atoms with Crippen molar-refractivity contribution in [3.05, 3.63) is 69.7 Å². The number of H-pyrrole nitrogens is 1. The van der Waals surface area contributed by atoms with Gasteiger partial charge in [-0.15, -0.1) is 0 Å². The first-order valence-corrected chi connectivity index (χ1v) is 9.18. The van der Waals surface area contributed by atoms with Crippen molar-refractivity contribution in [2.75, 3.05) is 0 Å². The van der Waals surface area contributed by atoms with Gasteiger partial charge in [0.05, 0.1) is 6.04 Å². The van der Waals surface area contributed by atoms with Crippen molar-refractivity contribution in [1.82, 2.24) is 20.1 Å². The van der Waals surface area contributed by atoms with Crippen LogP contribution in [-0.2, 0) is 11.3 Å². The molecule has 27 heavy (non-hydrogen) atoms. The number of hydrogen-bond donors (Lipinski definition) is 2. The summed E-state index contributed by atoms with van der Waals surface area (Å²) in [6.45, 7) is 2.27. The lowest BCUT2D eigenvalue weighted by Crippen LogP contribution is -2.27. The monoisotopic (exact) mass is 404 g/mol. The van der Waals surface area contributed by atoms with Crippen LogP contribution in [0, 0.1) is 10.6 Å². The molecule has 0 bridgehead atoms. The van der Waals surface area contributed by atoms with Crippen LogP contribution in [0.25, 0.3) is 11.4 Å². The Bertz CT molecular complexity index is 982. The molecular formula is C19H18ClFN4OS. The predicted molar refractivity (Wildman–Crippen MR) is 105 cm³/mol. The molecule has 3 aromatic rings. The van der Waals surface area contributed by atoms with Gasteiger partial charge in [-0.25, -0.2) is 4.39 Å². The van der Waals surface area contributed by atoms with Crippen molar-refractivity contribution >= 4 is 29.7 Å². The average molecular weight is 405 g/mol. The fourth-order valence-corrected chi connectivity index (χ4v) is 3.06. The number of hydrogen-bond acceptors (Lipinski definition) is 3. The van der Waals surface area contributed by atoms with Gasteiger partial charge in [-0.05, 0) is 61.1 Å². The summed E-state index contributed by atoms with van der Waals surface area (Å²) in [4.78, 5) is 12.3. The van der Waals surface area contributed by atoms with Crippen LogP contribution in [-0.4, -0.2) is 20.7 Å². The minimum atomic E-state index is -0.324. The number of rotatable bonds is 6. The molecule has 1 heterocycles. The number of benzene rings is 2. The molecule has 0 unspecified atom stereocenters. The SMILES string of the molecule is C[C@H](NC(=O)CCn1c(-c2ccc(F)cc2)n[nH]c1=S)c1ccc(Cl)cc1. The summed E-state index contributed by atoms with van der Waals surface area (Å²) in [6.07, 6.45) is 0.236. The van der Waals surface area contributed by atoms with E-state index in [-0.39, 0.29) is 24.2 Å². The summed E-state index contributed by atoms with van der Waals surface area (Å²) in [7, 11) is 0. The Labute approximate surface area is 166 Å². The van der Waals surface area contributed by atoms with Crippen molar-refractivity contribution in [3.8, 4) is 11.4 Å². The van der Waals surface area contributed by atoms with Gasteiger partial charge in [0.25, 0.3) is 0 Å². The Balaban J connectivity index is 1.65. The van der Waals surface area contributed by atoms with Crippen LogP contribution in [0.1, 0.15) is 24.9 Å². The maximum atomic E-state index is 13.1. The summed E-state index contributed by atoms with van der Waals surface area (Å²) < 4.78 is 15.3. The zero-order valence-corrected chi connectivity index (χ0v) is 16.1. The van der Waals surface area contributed by atoms with Crippen molar-refractivity contribution < 1.29 is 9.18 Å². The first kappa shape index (κ1) is 19.3. The fraction of sp³-hybridized carbons (Fsp3) is 0.211. The van der Waals surface area contributed by atoms with Crippen molar-refractivity contribution in [2.45, 2.75) is 25.9 Å². The third kappa shape index (κ3) is 4.81. The number of carbonyl (C=O) groups is 1. The molecule has 0 aliphatic rings. The molecule has 2 N–H and O–H groups in total. The van der Waals surface area contributed by atoms with Crippen LogP contribution < -0.4 is 5.32 Å². The van der Waals surface area contributed by atoms with Crippen LogP contribution >= 0.6 is 23.8 Å². The molecule has 8 heteroatoms. The molecule has 5 nitrogen and oxygen atoms in total. The number of carbonyl (C=O) groups excluding carboxylic acids is 1. The first-order valence-electron chi connectivity index (χ1n) is 8.40. The maximum Gasteiger partial charge on any atom is 0.222 e. The number of aromatic amines is 1. The number of aromatic nitrogens is 3. The molecule has 0 aliphatic heterocycles. The van der Waals surface area contributed by atoms with Crippen LogP contribution in [0.3, 0.4) is 0 Å². The lowest BCUT2D eigenvalue weighted by molar-refractivity contribution is -0.121. The molecular weight excluding hydrogens is 387 g/mol. The van der Waals surface area contributed by atoms with Crippen molar-refractivity contribution in [2.24, 2.45) is 0 Å². The van der Waals surface area contributed by atoms with E-state index in [1.165, 1.54) is 12.1 Å². The molecule has 0 fully saturated rings. The van der Waals surface area contributed by atoms with Gasteiger partial charge in [0, 0.05) is 23.6 Å². The van der Waals surface area contributed by atoms with Gasteiger partial charge in [0.15, 0.2) is 10.6 Å². The van der Waals surface area contributed by atoms with E-state index in [1.807, 2.05) is 19.1 Å². The predicted octanol–water partition coefficient (Wildman–Crippen LogP) is 4.67. The second-order valence-corrected chi connectivity index (χ2v) is 6.92. The number of nitrogens with zero attached hydrogens (tertiary/aromatic N) is 2. The third-order valence-electron chi connectivity index (χ3n) is 4.17. The summed E-state index contributed by atoms with van der Waals surface area (Å²) in [5, 5.41) is 10.5. The normalized spacial score (nSPS) is 12.0. The lowest BCUT2D eigenvalue weighted by atomic mass is 10.1. The topological polar surface area (TPSA) is 62.7 Å². The lowest BCUT2D eigenvalue weighted by Gasteiger charge is -2.15. The Morgan fingerprint density at radius 2 is 1.93 bits per heavy atom. The van der Waals surface area contributed by atoms with E-state index < -0.39 is 0 Å². The molecule has 140 valence electrons. The van der Waals surface area contributed by atoms with Gasteiger partial charge in [0.2, 0.25) is 5.91 Å². The van der Waals surface area contributed by atoms with E-state index in [0.29, 0.717) is 22.2 Å². The second kappa shape index (κ2) is 8.45. The van der Waals surface area contributed by atoms with E-state index in [4.69, 9.17) is 23.8 Å². The minimum absolute atomic E-state index is 0.106. The van der Waals surface area contributed by atoms with E-state index in [2.05, 4.69) is 15.5 Å². The molecule has 3 rings (SSSR count). The average Bonchev–Trinajstić information content (AvgIpc) is 3.01. The van der Waals surface area contributed by atoms with Gasteiger partial charge in [-0.2, -0.15) is 5.10 Å². The zero-order valence-electron chi connectivity index (χ0n) is 14.6. The highest BCUT2D eigenvalue weighted by atomic mass is 35.5. The molecule has 0 spiro atoms. The molecule has 1 atom stereocenters. The van der Waals surface area contributed by atoms with Gasteiger partial charge < -0.3 is 5.32 Å². The number of halogens is 2. The van der Waals surface area contributed by atoms with Gasteiger partial charge >= 0.3 is 0 Å². The molecule has 1 amide bonds. The standard InChI is InChI=1S/C19H18ClFN4OS/c1-12(13-2-6-15(20)7-3-13)22-17(26)10-11-25-18(23-24-19(25)27)14-4-8-16(21)9-5-14/h2-9,12H,10-11H2,1H3,(H,22,26)(H,24,27)/t12-/m0/s1. The Morgan fingerprint density at radius 3 is 2.59 bits per heavy atom. The highest BCUT2D eigenvalue weighted by Gasteiger charge is 2.13. The highest BCUT2D eigenvalue weighted by molar-refractivity contribution is 7.71. The van der Waals surface area contributed by atoms with E-state index in [9.17, 15) is 9.18 Å². The Hall–Kier alpha value is -2.51. The molecule has 0 saturated carbocycles. The molecule has 0 radical (unpaired) electrons. The minimum Gasteiger partial charge on any atom is -0.350 e. The summed E-state index contributed by atoms with van der Waals surface area (Å²) in [5.74, 6) is 0.138. The fourth-order valence-electron chi connectivity index (χ4n) is 2.71. The van der Waals surface area contributed by atoms with Gasteiger partial charge in [0.1, 0.15) is 5.82 Å². The van der Waals surface area contributed by atoms with E-state index in [1.54, 1.807) is 28.8 Å². The smallest absolute Gasteiger partial charge is 0.222 e. The van der Waals surface area contributed by atoms with E-state index >= 15 is 0 Å². The molecule has 0 saturated heterocycles. The number of nitrogens with one attached hydrogen (secondary N) is 2. The molecule has 0 aliphatic carbocycles. The summed E-state index contributed by atoms with van der Waals surface area (Å²) in [6, 6.07) is 13.2. The highest BCUT2D eigenvalue weighted by Crippen LogP contribution is 2.19. The summed E-state index contributed by atoms with van der Waals surface area (Å²) in [5.41, 5.74) is 1.69. The molecule has 1 aromatic heterocycles. The second-order valence-electron chi connectivity index (χ2n) is 6.10. The Morgan fingerprint density at radius 1 is 1.26 bits per heavy atom. The molecule has 2 aromatic carbocycles. The van der Waals surface area contributed by atoms with Gasteiger partial charge in [-0.3, -0.25) is 14.5 Å². The first-order chi connectivity index (χ1) is 12.9. The Kier molecular flexibility index (Phi) is 6.03. The summed E-state index contributed by atoms with van der Waals surface area (Å²) >= 11 is 11.1. The van der Waals surface area contributed by atoms with Crippen LogP contribution in [0.15, 0.2) is 48.5 Å². The number of amides is 1. The van der Waals surface area contributed by atoms with Crippen molar-refractivity contribution in [3.63, 3.8) is 0 Å². The van der Waals surface area contributed by atoms with Gasteiger partial charge in [-0.1, -0.05) is 23.7 Å². The third-order valence-corrected chi connectivity index (χ3v) is 4.73.